The van der Waals surface area contributed by atoms with Crippen molar-refractivity contribution in [2.75, 3.05) is 48.0 Å². The van der Waals surface area contributed by atoms with Gasteiger partial charge in [-0.2, -0.15) is 20.1 Å². The van der Waals surface area contributed by atoms with Crippen molar-refractivity contribution < 1.29 is 4.74 Å². The zero-order chi connectivity index (χ0) is 25.7. The molecule has 0 aliphatic carbocycles. The van der Waals surface area contributed by atoms with E-state index < -0.39 is 0 Å². The van der Waals surface area contributed by atoms with Crippen molar-refractivity contribution in [3.8, 4) is 5.75 Å². The first-order valence-corrected chi connectivity index (χ1v) is 13.6. The molecule has 0 atom stereocenters. The molecule has 2 fully saturated rings. The number of hydrogen-bond donors (Lipinski definition) is 1. The fraction of sp³-hybridized carbons (Fsp3) is 0.379. The molecule has 2 aromatic carbocycles. The van der Waals surface area contributed by atoms with E-state index in [0.717, 1.165) is 66.8 Å². The third-order valence-electron chi connectivity index (χ3n) is 7.17. The molecule has 0 saturated carbocycles. The molecule has 0 bridgehead atoms. The quantitative estimate of drug-likeness (QED) is 0.254. The SMILES string of the molecule is Cc1cccc(OCCn2cc(/C=N/Nc3nc(N4CCCC4)nc(N4CCCC4)n3)c3ccccc32)c1. The fourth-order valence-electron chi connectivity index (χ4n) is 5.21. The van der Waals surface area contributed by atoms with E-state index in [2.05, 4.69) is 74.4 Å². The highest BCUT2D eigenvalue weighted by molar-refractivity contribution is 5.99. The Morgan fingerprint density at radius 1 is 0.895 bits per heavy atom. The number of rotatable bonds is 9. The molecule has 4 heterocycles. The van der Waals surface area contributed by atoms with Gasteiger partial charge < -0.3 is 19.1 Å². The highest BCUT2D eigenvalue weighted by Crippen LogP contribution is 2.24. The van der Waals surface area contributed by atoms with E-state index in [1.807, 2.05) is 18.3 Å². The van der Waals surface area contributed by atoms with Crippen LogP contribution in [-0.4, -0.2) is 58.5 Å². The molecule has 2 aliphatic heterocycles. The standard InChI is InChI=1S/C29H34N8O/c1-22-9-8-10-24(19-22)38-18-17-37-21-23(25-11-2-3-12-26(25)37)20-30-34-27-31-28(35-13-4-5-14-35)33-29(32-27)36-15-6-7-16-36/h2-3,8-12,19-21H,4-7,13-18H2,1H3,(H,31,32,33,34)/b30-20+. The number of nitrogens with one attached hydrogen (secondary N) is 1. The number of fused-ring (bicyclic) bond motifs is 1. The maximum absolute atomic E-state index is 6.00. The average molecular weight is 511 g/mol. The van der Waals surface area contributed by atoms with Gasteiger partial charge in [-0.1, -0.05) is 30.3 Å². The number of para-hydroxylation sites is 1. The summed E-state index contributed by atoms with van der Waals surface area (Å²) in [5, 5.41) is 5.68. The number of nitrogens with zero attached hydrogens (tertiary/aromatic N) is 7. The third kappa shape index (κ3) is 5.41. The minimum Gasteiger partial charge on any atom is -0.492 e. The lowest BCUT2D eigenvalue weighted by molar-refractivity contribution is 0.300. The van der Waals surface area contributed by atoms with Crippen LogP contribution in [0.1, 0.15) is 36.8 Å². The molecular formula is C29H34N8O. The Bertz CT molecular complexity index is 1390. The number of hydrogen-bond acceptors (Lipinski definition) is 8. The van der Waals surface area contributed by atoms with Gasteiger partial charge in [0.15, 0.2) is 0 Å². The largest absolute Gasteiger partial charge is 0.492 e. The normalized spacial score (nSPS) is 15.7. The van der Waals surface area contributed by atoms with Crippen molar-refractivity contribution >= 4 is 35.0 Å². The van der Waals surface area contributed by atoms with Crippen LogP contribution in [0, 0.1) is 6.92 Å². The monoisotopic (exact) mass is 510 g/mol. The van der Waals surface area contributed by atoms with Gasteiger partial charge in [-0.25, -0.2) is 5.43 Å². The topological polar surface area (TPSA) is 83.7 Å². The summed E-state index contributed by atoms with van der Waals surface area (Å²) >= 11 is 0. The number of aromatic nitrogens is 4. The molecule has 1 N–H and O–H groups in total. The third-order valence-corrected chi connectivity index (χ3v) is 7.17. The summed E-state index contributed by atoms with van der Waals surface area (Å²) in [6, 6.07) is 16.5. The average Bonchev–Trinajstić information content (AvgIpc) is 3.71. The Kier molecular flexibility index (Phi) is 7.06. The van der Waals surface area contributed by atoms with Gasteiger partial charge >= 0.3 is 0 Å². The van der Waals surface area contributed by atoms with E-state index in [4.69, 9.17) is 19.7 Å². The molecule has 0 spiro atoms. The second-order valence-electron chi connectivity index (χ2n) is 9.98. The van der Waals surface area contributed by atoms with Gasteiger partial charge in [-0.15, -0.1) is 0 Å². The van der Waals surface area contributed by atoms with E-state index in [9.17, 15) is 0 Å². The summed E-state index contributed by atoms with van der Waals surface area (Å²) in [7, 11) is 0. The van der Waals surface area contributed by atoms with E-state index in [1.165, 1.54) is 31.2 Å². The van der Waals surface area contributed by atoms with Crippen LogP contribution in [0.3, 0.4) is 0 Å². The zero-order valence-electron chi connectivity index (χ0n) is 21.9. The maximum atomic E-state index is 6.00. The van der Waals surface area contributed by atoms with Crippen LogP contribution in [0.25, 0.3) is 10.9 Å². The second-order valence-corrected chi connectivity index (χ2v) is 9.98. The number of aryl methyl sites for hydroxylation is 1. The molecule has 2 aliphatic rings. The van der Waals surface area contributed by atoms with Crippen molar-refractivity contribution in [3.63, 3.8) is 0 Å². The van der Waals surface area contributed by atoms with E-state index in [1.54, 1.807) is 0 Å². The number of hydrazone groups is 1. The minimum absolute atomic E-state index is 0.482. The first kappa shape index (κ1) is 24.2. The highest BCUT2D eigenvalue weighted by atomic mass is 16.5. The molecular weight excluding hydrogens is 476 g/mol. The smallest absolute Gasteiger partial charge is 0.250 e. The number of ether oxygens (including phenoxy) is 1. The predicted molar refractivity (Wildman–Crippen MR) is 153 cm³/mol. The van der Waals surface area contributed by atoms with Gasteiger partial charge in [-0.3, -0.25) is 0 Å². The molecule has 0 amide bonds. The molecule has 0 radical (unpaired) electrons. The molecule has 9 heteroatoms. The molecule has 38 heavy (non-hydrogen) atoms. The van der Waals surface area contributed by atoms with Crippen LogP contribution in [0.2, 0.25) is 0 Å². The Morgan fingerprint density at radius 2 is 1.61 bits per heavy atom. The maximum Gasteiger partial charge on any atom is 0.250 e. The zero-order valence-corrected chi connectivity index (χ0v) is 21.9. The lowest BCUT2D eigenvalue weighted by atomic mass is 10.2. The molecule has 0 unspecified atom stereocenters. The first-order valence-electron chi connectivity index (χ1n) is 13.6. The molecule has 196 valence electrons. The molecule has 9 nitrogen and oxygen atoms in total. The Labute approximate surface area is 223 Å². The lowest BCUT2D eigenvalue weighted by Crippen LogP contribution is -2.25. The van der Waals surface area contributed by atoms with E-state index in [0.29, 0.717) is 12.6 Å². The molecule has 2 saturated heterocycles. The number of anilines is 3. The van der Waals surface area contributed by atoms with E-state index in [-0.39, 0.29) is 0 Å². The summed E-state index contributed by atoms with van der Waals surface area (Å²) in [5.74, 6) is 2.85. The van der Waals surface area contributed by atoms with Crippen LogP contribution in [0.4, 0.5) is 17.8 Å². The first-order chi connectivity index (χ1) is 18.7. The summed E-state index contributed by atoms with van der Waals surface area (Å²) in [5.41, 5.74) is 6.45. The highest BCUT2D eigenvalue weighted by Gasteiger charge is 2.21. The van der Waals surface area contributed by atoms with Gasteiger partial charge in [0.05, 0.1) is 12.8 Å². The van der Waals surface area contributed by atoms with Gasteiger partial charge in [0.2, 0.25) is 17.8 Å². The van der Waals surface area contributed by atoms with Crippen LogP contribution in [0.5, 0.6) is 5.75 Å². The van der Waals surface area contributed by atoms with Gasteiger partial charge in [-0.05, 0) is 56.4 Å². The van der Waals surface area contributed by atoms with Crippen LogP contribution in [-0.2, 0) is 6.54 Å². The van der Waals surface area contributed by atoms with Crippen molar-refractivity contribution in [3.05, 3.63) is 65.9 Å². The Morgan fingerprint density at radius 3 is 2.32 bits per heavy atom. The van der Waals surface area contributed by atoms with Crippen LogP contribution in [0.15, 0.2) is 59.8 Å². The Hall–Kier alpha value is -4.14. The summed E-state index contributed by atoms with van der Waals surface area (Å²) in [6.45, 7) is 7.34. The summed E-state index contributed by atoms with van der Waals surface area (Å²) in [4.78, 5) is 18.6. The molecule has 2 aromatic heterocycles. The Balaban J connectivity index is 1.19. The molecule has 4 aromatic rings. The lowest BCUT2D eigenvalue weighted by Gasteiger charge is -2.20. The van der Waals surface area contributed by atoms with E-state index >= 15 is 0 Å². The van der Waals surface area contributed by atoms with Gasteiger partial charge in [0, 0.05) is 48.8 Å². The fourth-order valence-corrected chi connectivity index (χ4v) is 5.21. The van der Waals surface area contributed by atoms with Crippen molar-refractivity contribution in [2.45, 2.75) is 39.2 Å². The predicted octanol–water partition coefficient (Wildman–Crippen LogP) is 4.86. The summed E-state index contributed by atoms with van der Waals surface area (Å²) in [6.07, 6.45) is 8.65. The summed E-state index contributed by atoms with van der Waals surface area (Å²) < 4.78 is 8.21. The van der Waals surface area contributed by atoms with Crippen LogP contribution < -0.4 is 20.0 Å². The van der Waals surface area contributed by atoms with Gasteiger partial charge in [0.25, 0.3) is 0 Å². The van der Waals surface area contributed by atoms with Gasteiger partial charge in [0.1, 0.15) is 12.4 Å². The number of benzene rings is 2. The minimum atomic E-state index is 0.482. The van der Waals surface area contributed by atoms with Crippen LogP contribution >= 0.6 is 0 Å². The van der Waals surface area contributed by atoms with Crippen molar-refractivity contribution in [1.82, 2.24) is 19.5 Å². The van der Waals surface area contributed by atoms with Crippen molar-refractivity contribution in [2.24, 2.45) is 5.10 Å². The molecule has 6 rings (SSSR count). The van der Waals surface area contributed by atoms with Crippen molar-refractivity contribution in [1.29, 1.82) is 0 Å². The second kappa shape index (κ2) is 11.1.